The van der Waals surface area contributed by atoms with Gasteiger partial charge in [0.15, 0.2) is 5.60 Å². The van der Waals surface area contributed by atoms with Crippen LogP contribution in [0.3, 0.4) is 0 Å². The first-order chi connectivity index (χ1) is 14.2. The molecule has 0 radical (unpaired) electrons. The Morgan fingerprint density at radius 2 is 1.67 bits per heavy atom. The van der Waals surface area contributed by atoms with Crippen LogP contribution in [0.4, 0.5) is 11.4 Å². The van der Waals surface area contributed by atoms with E-state index in [2.05, 4.69) is 15.6 Å². The number of carbonyl (C=O) groups is 2. The highest BCUT2D eigenvalue weighted by Gasteiger charge is 2.30. The molecule has 6 nitrogen and oxygen atoms in total. The van der Waals surface area contributed by atoms with Gasteiger partial charge in [-0.15, -0.1) is 0 Å². The van der Waals surface area contributed by atoms with Crippen LogP contribution in [0.2, 0.25) is 10.2 Å². The number of pyridine rings is 1. The van der Waals surface area contributed by atoms with Crippen molar-refractivity contribution in [3.8, 4) is 5.75 Å². The van der Waals surface area contributed by atoms with Gasteiger partial charge in [0.1, 0.15) is 10.9 Å². The molecule has 2 N–H and O–H groups in total. The maximum atomic E-state index is 12.6. The molecule has 0 unspecified atom stereocenters. The van der Waals surface area contributed by atoms with Crippen molar-refractivity contribution in [3.63, 3.8) is 0 Å². The Morgan fingerprint density at radius 1 is 0.933 bits per heavy atom. The van der Waals surface area contributed by atoms with Gasteiger partial charge >= 0.3 is 0 Å². The number of hydrogen-bond acceptors (Lipinski definition) is 4. The highest BCUT2D eigenvalue weighted by atomic mass is 35.5. The number of amides is 2. The van der Waals surface area contributed by atoms with E-state index in [4.69, 9.17) is 27.9 Å². The molecule has 1 heterocycles. The summed E-state index contributed by atoms with van der Waals surface area (Å²) in [5.74, 6) is -0.186. The van der Waals surface area contributed by atoms with E-state index >= 15 is 0 Å². The molecule has 154 valence electrons. The van der Waals surface area contributed by atoms with E-state index in [0.717, 1.165) is 0 Å². The molecule has 0 aliphatic rings. The molecule has 0 saturated heterocycles. The number of rotatable bonds is 6. The van der Waals surface area contributed by atoms with E-state index in [0.29, 0.717) is 32.9 Å². The lowest BCUT2D eigenvalue weighted by molar-refractivity contribution is -0.128. The van der Waals surface area contributed by atoms with Crippen LogP contribution in [-0.2, 0) is 4.79 Å². The zero-order valence-corrected chi connectivity index (χ0v) is 17.8. The Kier molecular flexibility index (Phi) is 6.59. The Morgan fingerprint density at radius 3 is 2.30 bits per heavy atom. The van der Waals surface area contributed by atoms with E-state index in [1.807, 2.05) is 0 Å². The first-order valence-electron chi connectivity index (χ1n) is 9.02. The molecule has 30 heavy (non-hydrogen) atoms. The molecule has 3 aromatic rings. The highest BCUT2D eigenvalue weighted by Crippen LogP contribution is 2.22. The van der Waals surface area contributed by atoms with E-state index < -0.39 is 5.60 Å². The van der Waals surface area contributed by atoms with Gasteiger partial charge in [-0.1, -0.05) is 29.3 Å². The van der Waals surface area contributed by atoms with Crippen molar-refractivity contribution in [2.24, 2.45) is 0 Å². The Labute approximate surface area is 184 Å². The number of anilines is 2. The number of benzene rings is 2. The summed E-state index contributed by atoms with van der Waals surface area (Å²) < 4.78 is 5.82. The molecule has 0 aliphatic heterocycles. The maximum Gasteiger partial charge on any atom is 0.268 e. The Balaban J connectivity index is 1.62. The second-order valence-corrected chi connectivity index (χ2v) is 7.75. The lowest BCUT2D eigenvalue weighted by atomic mass is 10.1. The van der Waals surface area contributed by atoms with E-state index in [-0.39, 0.29) is 11.8 Å². The number of halogens is 2. The Bertz CT molecular complexity index is 1050. The van der Waals surface area contributed by atoms with Crippen molar-refractivity contribution in [2.75, 3.05) is 10.6 Å². The Hall–Kier alpha value is -3.09. The quantitative estimate of drug-likeness (QED) is 0.497. The lowest BCUT2D eigenvalue weighted by Gasteiger charge is -2.25. The van der Waals surface area contributed by atoms with Crippen molar-refractivity contribution < 1.29 is 14.3 Å². The summed E-state index contributed by atoms with van der Waals surface area (Å²) in [5.41, 5.74) is 0.387. The van der Waals surface area contributed by atoms with E-state index in [1.54, 1.807) is 74.5 Å². The van der Waals surface area contributed by atoms with Gasteiger partial charge in [0.05, 0.1) is 11.9 Å². The van der Waals surface area contributed by atoms with Crippen molar-refractivity contribution in [2.45, 2.75) is 19.4 Å². The fourth-order valence-corrected chi connectivity index (χ4v) is 2.82. The number of ether oxygens (including phenoxy) is 1. The molecule has 0 aliphatic carbocycles. The fraction of sp³-hybridized carbons (Fsp3) is 0.136. The van der Waals surface area contributed by atoms with Gasteiger partial charge in [0, 0.05) is 16.3 Å². The summed E-state index contributed by atoms with van der Waals surface area (Å²) in [5, 5.41) is 6.37. The van der Waals surface area contributed by atoms with Crippen LogP contribution in [0.15, 0.2) is 66.9 Å². The molecule has 0 bridgehead atoms. The van der Waals surface area contributed by atoms with Crippen molar-refractivity contribution in [1.82, 2.24) is 4.98 Å². The minimum absolute atomic E-state index is 0.281. The second-order valence-electron chi connectivity index (χ2n) is 6.92. The number of nitrogens with zero attached hydrogens (tertiary/aromatic N) is 1. The lowest BCUT2D eigenvalue weighted by Crippen LogP contribution is -2.42. The largest absolute Gasteiger partial charge is 0.478 e. The SMILES string of the molecule is CC(C)(Oc1ccc(C(=O)Nc2cccc(Cl)c2)cc1)C(=O)Nc1ccc(Cl)nc1. The molecule has 3 rings (SSSR count). The topological polar surface area (TPSA) is 80.3 Å². The summed E-state index contributed by atoms with van der Waals surface area (Å²) in [6.07, 6.45) is 1.46. The van der Waals surface area contributed by atoms with Gasteiger partial charge < -0.3 is 15.4 Å². The third-order valence-corrected chi connectivity index (χ3v) is 4.56. The van der Waals surface area contributed by atoms with Crippen LogP contribution >= 0.6 is 23.2 Å². The molecule has 1 aromatic heterocycles. The van der Waals surface area contributed by atoms with Crippen LogP contribution < -0.4 is 15.4 Å². The van der Waals surface area contributed by atoms with Gasteiger partial charge in [-0.3, -0.25) is 9.59 Å². The molecule has 2 amide bonds. The van der Waals surface area contributed by atoms with Crippen LogP contribution in [0.1, 0.15) is 24.2 Å². The molecular formula is C22H19Cl2N3O3. The van der Waals surface area contributed by atoms with E-state index in [1.165, 1.54) is 6.20 Å². The number of carbonyl (C=O) groups excluding carboxylic acids is 2. The van der Waals surface area contributed by atoms with Gasteiger partial charge in [-0.05, 0) is 68.4 Å². The third-order valence-electron chi connectivity index (χ3n) is 4.10. The summed E-state index contributed by atoms with van der Waals surface area (Å²) in [6, 6.07) is 16.6. The predicted molar refractivity (Wildman–Crippen MR) is 118 cm³/mol. The second kappa shape index (κ2) is 9.15. The number of nitrogens with one attached hydrogen (secondary N) is 2. The summed E-state index contributed by atoms with van der Waals surface area (Å²) in [7, 11) is 0. The molecule has 0 fully saturated rings. The summed E-state index contributed by atoms with van der Waals surface area (Å²) >= 11 is 11.7. The summed E-state index contributed by atoms with van der Waals surface area (Å²) in [4.78, 5) is 28.9. The molecule has 0 spiro atoms. The van der Waals surface area contributed by atoms with Crippen LogP contribution in [-0.4, -0.2) is 22.4 Å². The normalized spacial score (nSPS) is 10.9. The highest BCUT2D eigenvalue weighted by molar-refractivity contribution is 6.31. The fourth-order valence-electron chi connectivity index (χ4n) is 2.52. The smallest absolute Gasteiger partial charge is 0.268 e. The predicted octanol–water partition coefficient (Wildman–Crippen LogP) is 5.44. The van der Waals surface area contributed by atoms with E-state index in [9.17, 15) is 9.59 Å². The first kappa shape index (κ1) is 21.6. The number of aromatic nitrogens is 1. The van der Waals surface area contributed by atoms with Crippen molar-refractivity contribution in [1.29, 1.82) is 0 Å². The van der Waals surface area contributed by atoms with Gasteiger partial charge in [-0.2, -0.15) is 0 Å². The molecule has 0 saturated carbocycles. The molecule has 0 atom stereocenters. The monoisotopic (exact) mass is 443 g/mol. The zero-order chi connectivity index (χ0) is 21.7. The zero-order valence-electron chi connectivity index (χ0n) is 16.3. The average Bonchev–Trinajstić information content (AvgIpc) is 2.70. The minimum Gasteiger partial charge on any atom is -0.478 e. The van der Waals surface area contributed by atoms with Gasteiger partial charge in [-0.25, -0.2) is 4.98 Å². The maximum absolute atomic E-state index is 12.6. The summed E-state index contributed by atoms with van der Waals surface area (Å²) in [6.45, 7) is 3.29. The molecule has 2 aromatic carbocycles. The van der Waals surface area contributed by atoms with Crippen LogP contribution in [0.5, 0.6) is 5.75 Å². The average molecular weight is 444 g/mol. The van der Waals surface area contributed by atoms with Crippen LogP contribution in [0.25, 0.3) is 0 Å². The molecule has 8 heteroatoms. The van der Waals surface area contributed by atoms with Crippen molar-refractivity contribution in [3.05, 3.63) is 82.6 Å². The molecular weight excluding hydrogens is 425 g/mol. The number of hydrogen-bond donors (Lipinski definition) is 2. The third kappa shape index (κ3) is 5.72. The first-order valence-corrected chi connectivity index (χ1v) is 9.77. The van der Waals surface area contributed by atoms with Gasteiger partial charge in [0.2, 0.25) is 0 Å². The van der Waals surface area contributed by atoms with Crippen LogP contribution in [0, 0.1) is 0 Å². The standard InChI is InChI=1S/C22H19Cl2N3O3/c1-22(2,21(29)27-17-8-11-19(24)25-13-17)30-18-9-6-14(7-10-18)20(28)26-16-5-3-4-15(23)12-16/h3-13H,1-2H3,(H,26,28)(H,27,29). The van der Waals surface area contributed by atoms with Gasteiger partial charge in [0.25, 0.3) is 11.8 Å². The minimum atomic E-state index is -1.16. The van der Waals surface area contributed by atoms with Crippen molar-refractivity contribution >= 4 is 46.4 Å².